The maximum absolute atomic E-state index is 10.9. The molecule has 1 rings (SSSR count). The average molecular weight is 156 g/mol. The van der Waals surface area contributed by atoms with Crippen molar-refractivity contribution in [2.24, 2.45) is 11.8 Å². The first-order valence-electron chi connectivity index (χ1n) is 3.89. The van der Waals surface area contributed by atoms with Crippen LogP contribution in [0, 0.1) is 11.8 Å². The van der Waals surface area contributed by atoms with Crippen molar-refractivity contribution in [1.29, 1.82) is 0 Å². The van der Waals surface area contributed by atoms with E-state index in [1.807, 2.05) is 13.8 Å². The molecule has 0 N–H and O–H groups in total. The summed E-state index contributed by atoms with van der Waals surface area (Å²) in [6.07, 6.45) is 1.18. The first-order chi connectivity index (χ1) is 5.15. The molecule has 0 aromatic heterocycles. The van der Waals surface area contributed by atoms with E-state index in [1.54, 1.807) is 0 Å². The molecular formula is C8H12O3. The van der Waals surface area contributed by atoms with Crippen molar-refractivity contribution >= 4 is 11.9 Å². The summed E-state index contributed by atoms with van der Waals surface area (Å²) < 4.78 is 4.42. The summed E-state index contributed by atoms with van der Waals surface area (Å²) in [6, 6.07) is 0. The minimum Gasteiger partial charge on any atom is -0.393 e. The lowest BCUT2D eigenvalue weighted by atomic mass is 9.91. The maximum Gasteiger partial charge on any atom is 0.317 e. The van der Waals surface area contributed by atoms with Crippen LogP contribution in [0.4, 0.5) is 0 Å². The molecule has 0 saturated carbocycles. The van der Waals surface area contributed by atoms with Gasteiger partial charge in [0.15, 0.2) is 0 Å². The lowest BCUT2D eigenvalue weighted by Crippen LogP contribution is -2.15. The van der Waals surface area contributed by atoms with Crippen LogP contribution in [0.5, 0.6) is 0 Å². The molecule has 0 aromatic carbocycles. The Balaban J connectivity index is 2.59. The van der Waals surface area contributed by atoms with E-state index in [1.165, 1.54) is 0 Å². The lowest BCUT2D eigenvalue weighted by molar-refractivity contribution is -0.153. The van der Waals surface area contributed by atoms with Crippen LogP contribution >= 0.6 is 0 Å². The van der Waals surface area contributed by atoms with Crippen molar-refractivity contribution in [2.75, 3.05) is 0 Å². The number of hydrogen-bond donors (Lipinski definition) is 0. The SMILES string of the molecule is CCC(C)C1CC(=O)OC1=O. The molecule has 3 heteroatoms. The number of ether oxygens (including phenoxy) is 1. The van der Waals surface area contributed by atoms with Gasteiger partial charge < -0.3 is 4.74 Å². The van der Waals surface area contributed by atoms with Crippen molar-refractivity contribution in [2.45, 2.75) is 26.7 Å². The molecule has 11 heavy (non-hydrogen) atoms. The maximum atomic E-state index is 10.9. The molecule has 1 heterocycles. The number of carbonyl (C=O) groups is 2. The fourth-order valence-electron chi connectivity index (χ4n) is 1.21. The van der Waals surface area contributed by atoms with Crippen LogP contribution in [0.2, 0.25) is 0 Å². The third-order valence-electron chi connectivity index (χ3n) is 2.23. The van der Waals surface area contributed by atoms with Gasteiger partial charge in [0.2, 0.25) is 0 Å². The van der Waals surface area contributed by atoms with Crippen LogP contribution in [0.25, 0.3) is 0 Å². The van der Waals surface area contributed by atoms with Gasteiger partial charge in [0.05, 0.1) is 12.3 Å². The second-order valence-corrected chi connectivity index (χ2v) is 2.99. The smallest absolute Gasteiger partial charge is 0.317 e. The number of carbonyl (C=O) groups excluding carboxylic acids is 2. The van der Waals surface area contributed by atoms with Crippen LogP contribution in [-0.4, -0.2) is 11.9 Å². The monoisotopic (exact) mass is 156 g/mol. The minimum absolute atomic E-state index is 0.188. The number of hydrogen-bond acceptors (Lipinski definition) is 3. The van der Waals surface area contributed by atoms with Gasteiger partial charge in [0.1, 0.15) is 0 Å². The summed E-state index contributed by atoms with van der Waals surface area (Å²) in [5, 5.41) is 0. The van der Waals surface area contributed by atoms with E-state index >= 15 is 0 Å². The van der Waals surface area contributed by atoms with Gasteiger partial charge in [-0.25, -0.2) is 0 Å². The van der Waals surface area contributed by atoms with Crippen LogP contribution < -0.4 is 0 Å². The Bertz CT molecular complexity index is 186. The summed E-state index contributed by atoms with van der Waals surface area (Å²) in [7, 11) is 0. The van der Waals surface area contributed by atoms with Gasteiger partial charge in [0, 0.05) is 0 Å². The van der Waals surface area contributed by atoms with Gasteiger partial charge in [-0.05, 0) is 5.92 Å². The highest BCUT2D eigenvalue weighted by molar-refractivity contribution is 5.94. The van der Waals surface area contributed by atoms with E-state index in [4.69, 9.17) is 0 Å². The Morgan fingerprint density at radius 2 is 2.27 bits per heavy atom. The number of rotatable bonds is 2. The highest BCUT2D eigenvalue weighted by Gasteiger charge is 2.36. The molecule has 1 saturated heterocycles. The van der Waals surface area contributed by atoms with E-state index in [9.17, 15) is 9.59 Å². The van der Waals surface area contributed by atoms with Crippen LogP contribution in [0.1, 0.15) is 26.7 Å². The molecule has 1 aliphatic heterocycles. The first kappa shape index (κ1) is 8.24. The van der Waals surface area contributed by atoms with E-state index in [0.29, 0.717) is 0 Å². The zero-order valence-corrected chi connectivity index (χ0v) is 6.79. The van der Waals surface area contributed by atoms with Gasteiger partial charge in [0.25, 0.3) is 0 Å². The Hall–Kier alpha value is -0.860. The molecule has 0 amide bonds. The molecule has 0 aliphatic carbocycles. The molecule has 0 radical (unpaired) electrons. The Labute approximate surface area is 65.7 Å². The van der Waals surface area contributed by atoms with Crippen molar-refractivity contribution in [1.82, 2.24) is 0 Å². The van der Waals surface area contributed by atoms with Crippen molar-refractivity contribution < 1.29 is 14.3 Å². The Morgan fingerprint density at radius 1 is 1.64 bits per heavy atom. The topological polar surface area (TPSA) is 43.4 Å². The summed E-state index contributed by atoms with van der Waals surface area (Å²) in [4.78, 5) is 21.6. The number of cyclic esters (lactones) is 2. The van der Waals surface area contributed by atoms with E-state index in [0.717, 1.165) is 6.42 Å². The third-order valence-corrected chi connectivity index (χ3v) is 2.23. The molecule has 0 bridgehead atoms. The van der Waals surface area contributed by atoms with Crippen LogP contribution in [0.3, 0.4) is 0 Å². The molecule has 2 atom stereocenters. The summed E-state index contributed by atoms with van der Waals surface area (Å²) in [5.74, 6) is -0.647. The molecule has 0 aromatic rings. The lowest BCUT2D eigenvalue weighted by Gasteiger charge is -2.10. The van der Waals surface area contributed by atoms with Crippen molar-refractivity contribution in [3.8, 4) is 0 Å². The first-order valence-corrected chi connectivity index (χ1v) is 3.89. The van der Waals surface area contributed by atoms with E-state index < -0.39 is 0 Å². The van der Waals surface area contributed by atoms with Crippen molar-refractivity contribution in [3.05, 3.63) is 0 Å². The fraction of sp³-hybridized carbons (Fsp3) is 0.750. The summed E-state index contributed by atoms with van der Waals surface area (Å²) in [5.41, 5.74) is 0. The predicted octanol–water partition coefficient (Wildman–Crippen LogP) is 1.12. The Kier molecular flexibility index (Phi) is 2.27. The van der Waals surface area contributed by atoms with Gasteiger partial charge in [-0.2, -0.15) is 0 Å². The number of esters is 2. The molecule has 2 unspecified atom stereocenters. The highest BCUT2D eigenvalue weighted by atomic mass is 16.6. The van der Waals surface area contributed by atoms with Gasteiger partial charge in [-0.15, -0.1) is 0 Å². The standard InChI is InChI=1S/C8H12O3/c1-3-5(2)6-4-7(9)11-8(6)10/h5-6H,3-4H2,1-2H3. The van der Waals surface area contributed by atoms with Gasteiger partial charge in [-0.3, -0.25) is 9.59 Å². The molecule has 0 spiro atoms. The van der Waals surface area contributed by atoms with Gasteiger partial charge in [-0.1, -0.05) is 20.3 Å². The fourth-order valence-corrected chi connectivity index (χ4v) is 1.21. The normalized spacial score (nSPS) is 26.9. The Morgan fingerprint density at radius 3 is 2.64 bits per heavy atom. The zero-order chi connectivity index (χ0) is 8.43. The zero-order valence-electron chi connectivity index (χ0n) is 6.79. The minimum atomic E-state index is -0.375. The van der Waals surface area contributed by atoms with Crippen LogP contribution in [0.15, 0.2) is 0 Å². The van der Waals surface area contributed by atoms with Crippen molar-refractivity contribution in [3.63, 3.8) is 0 Å². The highest BCUT2D eigenvalue weighted by Crippen LogP contribution is 2.25. The van der Waals surface area contributed by atoms with Gasteiger partial charge >= 0.3 is 11.9 Å². The average Bonchev–Trinajstić information content (AvgIpc) is 2.28. The quantitative estimate of drug-likeness (QED) is 0.444. The molecule has 3 nitrogen and oxygen atoms in total. The molecule has 62 valence electrons. The second-order valence-electron chi connectivity index (χ2n) is 2.99. The molecule has 1 aliphatic rings. The third kappa shape index (κ3) is 1.59. The summed E-state index contributed by atoms with van der Waals surface area (Å²) in [6.45, 7) is 3.96. The van der Waals surface area contributed by atoms with E-state index in [2.05, 4.69) is 4.74 Å². The second kappa shape index (κ2) is 3.03. The predicted molar refractivity (Wildman–Crippen MR) is 38.7 cm³/mol. The molecular weight excluding hydrogens is 144 g/mol. The largest absolute Gasteiger partial charge is 0.393 e. The molecule has 1 fully saturated rings. The summed E-state index contributed by atoms with van der Waals surface area (Å²) >= 11 is 0. The van der Waals surface area contributed by atoms with Crippen LogP contribution in [-0.2, 0) is 14.3 Å². The van der Waals surface area contributed by atoms with E-state index in [-0.39, 0.29) is 30.2 Å².